The van der Waals surface area contributed by atoms with E-state index >= 15 is 0 Å². The molecule has 192 valence electrons. The maximum Gasteiger partial charge on any atom is 0.268 e. The molecule has 1 aromatic carbocycles. The predicted octanol–water partition coefficient (Wildman–Crippen LogP) is 4.36. The number of hydrogen-bond acceptors (Lipinski definition) is 8. The van der Waals surface area contributed by atoms with E-state index in [-0.39, 0.29) is 28.5 Å². The number of nitrogens with zero attached hydrogens (tertiary/aromatic N) is 3. The van der Waals surface area contributed by atoms with Gasteiger partial charge in [-0.2, -0.15) is 4.98 Å². The largest absolute Gasteiger partial charge is 0.381 e. The molecular weight excluding hydrogens is 535 g/mol. The number of rotatable bonds is 7. The lowest BCUT2D eigenvalue weighted by Crippen LogP contribution is -2.28. The molecule has 2 aromatic heterocycles. The van der Waals surface area contributed by atoms with E-state index in [4.69, 9.17) is 16.3 Å². The second-order valence-electron chi connectivity index (χ2n) is 7.47. The lowest BCUT2D eigenvalue weighted by Gasteiger charge is -2.23. The Morgan fingerprint density at radius 3 is 2.25 bits per heavy atom. The van der Waals surface area contributed by atoms with Gasteiger partial charge in [0.2, 0.25) is 11.8 Å². The Morgan fingerprint density at radius 1 is 0.944 bits per heavy atom. The molecule has 0 radical (unpaired) electrons. The zero-order chi connectivity index (χ0) is 26.0. The third-order valence-electron chi connectivity index (χ3n) is 5.06. The van der Waals surface area contributed by atoms with E-state index in [1.807, 2.05) is 0 Å². The average Bonchev–Trinajstić information content (AvgIpc) is 2.85. The molecular formula is C20H16ClF5N6O3S. The number of aromatic nitrogens is 3. The number of halogens is 6. The predicted molar refractivity (Wildman–Crippen MR) is 119 cm³/mol. The summed E-state index contributed by atoms with van der Waals surface area (Å²) in [5.74, 6) is -12.1. The van der Waals surface area contributed by atoms with Crippen molar-refractivity contribution >= 4 is 44.8 Å². The fourth-order valence-electron chi connectivity index (χ4n) is 3.28. The first-order valence-corrected chi connectivity index (χ1v) is 12.1. The van der Waals surface area contributed by atoms with Crippen molar-refractivity contribution in [2.75, 3.05) is 28.6 Å². The maximum atomic E-state index is 14.1. The lowest BCUT2D eigenvalue weighted by atomic mass is 10.1. The first kappa shape index (κ1) is 25.8. The van der Waals surface area contributed by atoms with Gasteiger partial charge in [-0.3, -0.25) is 9.71 Å². The molecule has 3 heterocycles. The standard InChI is InChI=1S/C20H16ClF5N6O3S/c21-10-7-28-20(29-9-2-5-35-6-3-9)31-19(10)30-11-1-4-27-8-12(11)32-36(33,34)18-16(25)14(23)13(22)15(24)17(18)26/h1,4,7-9,32H,2-3,5-6H2,(H2,27,28,29,30,31). The number of benzene rings is 1. The van der Waals surface area contributed by atoms with Gasteiger partial charge in [-0.15, -0.1) is 0 Å². The molecule has 16 heteroatoms. The van der Waals surface area contributed by atoms with Crippen LogP contribution in [0.25, 0.3) is 0 Å². The molecule has 1 aliphatic rings. The number of anilines is 4. The summed E-state index contributed by atoms with van der Waals surface area (Å²) in [6.45, 7) is 1.14. The Balaban J connectivity index is 1.63. The van der Waals surface area contributed by atoms with E-state index < -0.39 is 49.7 Å². The fraction of sp³-hybridized carbons (Fsp3) is 0.250. The summed E-state index contributed by atoms with van der Waals surface area (Å²) < 4.78 is 101. The first-order chi connectivity index (χ1) is 17.1. The van der Waals surface area contributed by atoms with E-state index in [0.717, 1.165) is 19.0 Å². The summed E-state index contributed by atoms with van der Waals surface area (Å²) in [5.41, 5.74) is -0.440. The second kappa shape index (κ2) is 10.4. The van der Waals surface area contributed by atoms with Gasteiger partial charge in [0.25, 0.3) is 10.0 Å². The van der Waals surface area contributed by atoms with E-state index in [9.17, 15) is 30.4 Å². The third-order valence-corrected chi connectivity index (χ3v) is 6.72. The minimum absolute atomic E-state index is 0.0316. The minimum Gasteiger partial charge on any atom is -0.381 e. The van der Waals surface area contributed by atoms with Crippen molar-refractivity contribution < 1.29 is 35.1 Å². The monoisotopic (exact) mass is 550 g/mol. The highest BCUT2D eigenvalue weighted by molar-refractivity contribution is 7.92. The molecule has 4 rings (SSSR count). The number of sulfonamides is 1. The van der Waals surface area contributed by atoms with Crippen LogP contribution in [0.5, 0.6) is 0 Å². The van der Waals surface area contributed by atoms with Gasteiger partial charge in [-0.25, -0.2) is 35.4 Å². The van der Waals surface area contributed by atoms with E-state index in [1.54, 1.807) is 4.72 Å². The van der Waals surface area contributed by atoms with Crippen LogP contribution in [0, 0.1) is 29.1 Å². The molecule has 0 unspecified atom stereocenters. The zero-order valence-corrected chi connectivity index (χ0v) is 19.5. The molecule has 1 aliphatic heterocycles. The number of ether oxygens (including phenoxy) is 1. The van der Waals surface area contributed by atoms with Crippen molar-refractivity contribution in [2.24, 2.45) is 0 Å². The number of hydrogen-bond donors (Lipinski definition) is 3. The second-order valence-corrected chi connectivity index (χ2v) is 9.50. The summed E-state index contributed by atoms with van der Waals surface area (Å²) in [6, 6.07) is 1.32. The molecule has 0 spiro atoms. The van der Waals surface area contributed by atoms with Gasteiger partial charge in [0, 0.05) is 25.5 Å². The van der Waals surface area contributed by atoms with Crippen LogP contribution in [0.1, 0.15) is 12.8 Å². The summed E-state index contributed by atoms with van der Waals surface area (Å²) in [7, 11) is -5.31. The van der Waals surface area contributed by atoms with Crippen LogP contribution >= 0.6 is 11.6 Å². The van der Waals surface area contributed by atoms with Crippen molar-refractivity contribution in [1.29, 1.82) is 0 Å². The van der Waals surface area contributed by atoms with Gasteiger partial charge < -0.3 is 15.4 Å². The van der Waals surface area contributed by atoms with E-state index in [1.165, 1.54) is 18.5 Å². The summed E-state index contributed by atoms with van der Waals surface area (Å²) in [4.78, 5) is 10.0. The normalized spacial score (nSPS) is 14.5. The lowest BCUT2D eigenvalue weighted by molar-refractivity contribution is 0.0903. The van der Waals surface area contributed by atoms with Gasteiger partial charge in [0.15, 0.2) is 34.0 Å². The van der Waals surface area contributed by atoms with Crippen molar-refractivity contribution in [3.8, 4) is 0 Å². The highest BCUT2D eigenvalue weighted by Crippen LogP contribution is 2.32. The third kappa shape index (κ3) is 5.27. The first-order valence-electron chi connectivity index (χ1n) is 10.2. The van der Waals surface area contributed by atoms with E-state index in [0.29, 0.717) is 13.2 Å². The Labute approximate surface area is 206 Å². The molecule has 1 saturated heterocycles. The molecule has 1 fully saturated rings. The number of nitrogens with one attached hydrogen (secondary N) is 3. The van der Waals surface area contributed by atoms with Crippen LogP contribution in [0.15, 0.2) is 29.6 Å². The molecule has 0 atom stereocenters. The van der Waals surface area contributed by atoms with Crippen molar-refractivity contribution in [3.63, 3.8) is 0 Å². The van der Waals surface area contributed by atoms with Crippen LogP contribution in [-0.4, -0.2) is 42.6 Å². The molecule has 0 bridgehead atoms. The number of pyridine rings is 1. The van der Waals surface area contributed by atoms with Crippen molar-refractivity contribution in [2.45, 2.75) is 23.8 Å². The van der Waals surface area contributed by atoms with E-state index in [2.05, 4.69) is 25.6 Å². The van der Waals surface area contributed by atoms with Crippen molar-refractivity contribution in [3.05, 3.63) is 58.8 Å². The van der Waals surface area contributed by atoms with Crippen LogP contribution in [0.2, 0.25) is 5.02 Å². The Morgan fingerprint density at radius 2 is 1.58 bits per heavy atom. The topological polar surface area (TPSA) is 118 Å². The molecule has 36 heavy (non-hydrogen) atoms. The Kier molecular flexibility index (Phi) is 7.42. The van der Waals surface area contributed by atoms with Gasteiger partial charge in [-0.1, -0.05) is 11.6 Å². The highest BCUT2D eigenvalue weighted by atomic mass is 35.5. The van der Waals surface area contributed by atoms with Crippen LogP contribution in [0.4, 0.5) is 45.1 Å². The maximum absolute atomic E-state index is 14.1. The average molecular weight is 551 g/mol. The van der Waals surface area contributed by atoms with Crippen LogP contribution in [0.3, 0.4) is 0 Å². The summed E-state index contributed by atoms with van der Waals surface area (Å²) >= 11 is 6.15. The van der Waals surface area contributed by atoms with Crippen LogP contribution in [-0.2, 0) is 14.8 Å². The van der Waals surface area contributed by atoms with Crippen molar-refractivity contribution in [1.82, 2.24) is 15.0 Å². The van der Waals surface area contributed by atoms with Gasteiger partial charge in [0.05, 0.1) is 23.8 Å². The molecule has 9 nitrogen and oxygen atoms in total. The summed E-state index contributed by atoms with van der Waals surface area (Å²) in [5, 5.41) is 5.91. The minimum atomic E-state index is -5.31. The Bertz CT molecular complexity index is 1380. The smallest absolute Gasteiger partial charge is 0.268 e. The van der Waals surface area contributed by atoms with Gasteiger partial charge >= 0.3 is 0 Å². The molecule has 3 N–H and O–H groups in total. The molecule has 0 aliphatic carbocycles. The highest BCUT2D eigenvalue weighted by Gasteiger charge is 2.34. The van der Waals surface area contributed by atoms with Gasteiger partial charge in [-0.05, 0) is 18.9 Å². The van der Waals surface area contributed by atoms with Gasteiger partial charge in [0.1, 0.15) is 5.02 Å². The summed E-state index contributed by atoms with van der Waals surface area (Å²) in [6.07, 6.45) is 4.93. The fourth-order valence-corrected chi connectivity index (χ4v) is 4.62. The zero-order valence-electron chi connectivity index (χ0n) is 18.0. The molecule has 0 amide bonds. The SMILES string of the molecule is O=S(=O)(Nc1cnccc1Nc1nc(NC2CCOCC2)ncc1Cl)c1c(F)c(F)c(F)c(F)c1F. The Hall–Kier alpha value is -3.30. The van der Waals surface area contributed by atoms with Crippen LogP contribution < -0.4 is 15.4 Å². The quantitative estimate of drug-likeness (QED) is 0.226. The molecule has 3 aromatic rings. The molecule has 0 saturated carbocycles.